The molecule has 0 bridgehead atoms. The Labute approximate surface area is 61.9 Å². The highest BCUT2D eigenvalue weighted by Gasteiger charge is 1.98. The molecule has 10 heavy (non-hydrogen) atoms. The van der Waals surface area contributed by atoms with Crippen LogP contribution in [0.25, 0.3) is 0 Å². The first-order valence-electron chi connectivity index (χ1n) is 3.45. The van der Waals surface area contributed by atoms with Gasteiger partial charge in [-0.25, -0.2) is 5.48 Å². The average Bonchev–Trinajstić information content (AvgIpc) is 1.87. The molecule has 0 aromatic rings. The van der Waals surface area contributed by atoms with Gasteiger partial charge in [0.25, 0.3) is 0 Å². The van der Waals surface area contributed by atoms with Crippen LogP contribution < -0.4 is 5.48 Å². The summed E-state index contributed by atoms with van der Waals surface area (Å²) in [7, 11) is 0. The molecule has 0 radical (unpaired) electrons. The van der Waals surface area contributed by atoms with E-state index in [1.807, 2.05) is 20.8 Å². The Kier molecular flexibility index (Phi) is 4.91. The molecule has 0 aromatic heterocycles. The normalized spacial score (nSPS) is 13.1. The molecule has 3 heteroatoms. The van der Waals surface area contributed by atoms with Gasteiger partial charge in [-0.15, -0.1) is 0 Å². The van der Waals surface area contributed by atoms with E-state index in [0.29, 0.717) is 6.54 Å². The van der Waals surface area contributed by atoms with Gasteiger partial charge < -0.3 is 0 Å². The fourth-order valence-corrected chi connectivity index (χ4v) is 0.385. The molecule has 0 spiro atoms. The third kappa shape index (κ3) is 5.54. The van der Waals surface area contributed by atoms with Gasteiger partial charge in [-0.1, -0.05) is 0 Å². The molecule has 0 fully saturated rings. The Morgan fingerprint density at radius 1 is 1.50 bits per heavy atom. The van der Waals surface area contributed by atoms with E-state index in [1.165, 1.54) is 0 Å². The second-order valence-electron chi connectivity index (χ2n) is 2.55. The minimum atomic E-state index is 0.0127. The molecule has 3 nitrogen and oxygen atoms in total. The van der Waals surface area contributed by atoms with Gasteiger partial charge >= 0.3 is 0 Å². The second kappa shape index (κ2) is 5.21. The summed E-state index contributed by atoms with van der Waals surface area (Å²) in [6.45, 7) is 6.31. The molecule has 0 rings (SSSR count). The van der Waals surface area contributed by atoms with Crippen molar-refractivity contribution in [2.75, 3.05) is 6.54 Å². The largest absolute Gasteiger partial charge is 0.299 e. The van der Waals surface area contributed by atoms with Crippen LogP contribution in [0.2, 0.25) is 0 Å². The van der Waals surface area contributed by atoms with Crippen LogP contribution in [-0.4, -0.2) is 12.6 Å². The van der Waals surface area contributed by atoms with Crippen LogP contribution in [0.15, 0.2) is 0 Å². The SMILES string of the molecule is CC(C#N)CNOC(C)C. The van der Waals surface area contributed by atoms with E-state index in [9.17, 15) is 0 Å². The highest BCUT2D eigenvalue weighted by Crippen LogP contribution is 1.89. The maximum absolute atomic E-state index is 8.35. The first-order chi connectivity index (χ1) is 4.66. The summed E-state index contributed by atoms with van der Waals surface area (Å²) < 4.78 is 0. The van der Waals surface area contributed by atoms with Crippen molar-refractivity contribution >= 4 is 0 Å². The summed E-state index contributed by atoms with van der Waals surface area (Å²) in [5.74, 6) is 0.0127. The van der Waals surface area contributed by atoms with E-state index in [4.69, 9.17) is 10.1 Å². The predicted octanol–water partition coefficient (Wildman–Crippen LogP) is 1.08. The van der Waals surface area contributed by atoms with Crippen LogP contribution in [-0.2, 0) is 4.84 Å². The predicted molar refractivity (Wildman–Crippen MR) is 39.0 cm³/mol. The van der Waals surface area contributed by atoms with Crippen molar-refractivity contribution in [1.82, 2.24) is 5.48 Å². The van der Waals surface area contributed by atoms with Gasteiger partial charge in [0.2, 0.25) is 0 Å². The summed E-state index contributed by atoms with van der Waals surface area (Å²) in [5.41, 5.74) is 2.71. The second-order valence-corrected chi connectivity index (χ2v) is 2.55. The van der Waals surface area contributed by atoms with Gasteiger partial charge in [-0.2, -0.15) is 5.26 Å². The highest BCUT2D eigenvalue weighted by molar-refractivity contribution is 4.78. The van der Waals surface area contributed by atoms with Crippen molar-refractivity contribution < 1.29 is 4.84 Å². The molecular formula is C7H14N2O. The van der Waals surface area contributed by atoms with Gasteiger partial charge in [-0.05, 0) is 20.8 Å². The minimum Gasteiger partial charge on any atom is -0.299 e. The van der Waals surface area contributed by atoms with Crippen molar-refractivity contribution in [3.8, 4) is 6.07 Å². The molecule has 1 unspecified atom stereocenters. The fourth-order valence-electron chi connectivity index (χ4n) is 0.385. The number of nitrogens with zero attached hydrogens (tertiary/aromatic N) is 1. The maximum atomic E-state index is 8.35. The Hall–Kier alpha value is -0.590. The monoisotopic (exact) mass is 142 g/mol. The Balaban J connectivity index is 3.13. The van der Waals surface area contributed by atoms with Crippen LogP contribution in [0.3, 0.4) is 0 Å². The first kappa shape index (κ1) is 9.41. The van der Waals surface area contributed by atoms with Crippen LogP contribution in [0.5, 0.6) is 0 Å². The summed E-state index contributed by atoms with van der Waals surface area (Å²) in [6.07, 6.45) is 0.172. The van der Waals surface area contributed by atoms with Crippen LogP contribution >= 0.6 is 0 Å². The third-order valence-electron chi connectivity index (χ3n) is 0.929. The summed E-state index contributed by atoms with van der Waals surface area (Å²) in [4.78, 5) is 5.01. The number of hydrogen-bond acceptors (Lipinski definition) is 3. The number of nitrogens with one attached hydrogen (secondary N) is 1. The molecule has 58 valence electrons. The van der Waals surface area contributed by atoms with E-state index in [2.05, 4.69) is 11.5 Å². The lowest BCUT2D eigenvalue weighted by atomic mass is 10.2. The van der Waals surface area contributed by atoms with Gasteiger partial charge in [0, 0.05) is 6.54 Å². The van der Waals surface area contributed by atoms with E-state index in [1.54, 1.807) is 0 Å². The van der Waals surface area contributed by atoms with Gasteiger partial charge in [-0.3, -0.25) is 4.84 Å². The molecule has 0 saturated carbocycles. The van der Waals surface area contributed by atoms with Gasteiger partial charge in [0.05, 0.1) is 18.1 Å². The Morgan fingerprint density at radius 3 is 2.50 bits per heavy atom. The van der Waals surface area contributed by atoms with Gasteiger partial charge in [0.1, 0.15) is 0 Å². The molecule has 0 heterocycles. The lowest BCUT2D eigenvalue weighted by Gasteiger charge is -2.08. The number of nitriles is 1. The minimum absolute atomic E-state index is 0.0127. The zero-order valence-corrected chi connectivity index (χ0v) is 6.72. The van der Waals surface area contributed by atoms with E-state index in [0.717, 1.165) is 0 Å². The average molecular weight is 142 g/mol. The van der Waals surface area contributed by atoms with Crippen molar-refractivity contribution in [2.24, 2.45) is 5.92 Å². The van der Waals surface area contributed by atoms with Crippen LogP contribution in [0, 0.1) is 17.2 Å². The standard InChI is InChI=1S/C7H14N2O/c1-6(2)10-9-5-7(3)4-8/h6-7,9H,5H2,1-3H3. The van der Waals surface area contributed by atoms with Crippen molar-refractivity contribution in [2.45, 2.75) is 26.9 Å². The van der Waals surface area contributed by atoms with Gasteiger partial charge in [0.15, 0.2) is 0 Å². The molecule has 0 aliphatic carbocycles. The summed E-state index contributed by atoms with van der Waals surface area (Å²) in [5, 5.41) is 8.35. The number of rotatable bonds is 4. The summed E-state index contributed by atoms with van der Waals surface area (Å²) in [6, 6.07) is 2.10. The molecule has 0 aliphatic rings. The quantitative estimate of drug-likeness (QED) is 0.597. The molecule has 1 atom stereocenters. The number of hydrogen-bond donors (Lipinski definition) is 1. The smallest absolute Gasteiger partial charge is 0.0734 e. The Bertz CT molecular complexity index is 117. The van der Waals surface area contributed by atoms with Crippen molar-refractivity contribution in [1.29, 1.82) is 5.26 Å². The summed E-state index contributed by atoms with van der Waals surface area (Å²) >= 11 is 0. The van der Waals surface area contributed by atoms with Crippen LogP contribution in [0.4, 0.5) is 0 Å². The molecule has 0 saturated heterocycles. The lowest BCUT2D eigenvalue weighted by Crippen LogP contribution is -2.24. The fraction of sp³-hybridized carbons (Fsp3) is 0.857. The first-order valence-corrected chi connectivity index (χ1v) is 3.45. The van der Waals surface area contributed by atoms with Crippen molar-refractivity contribution in [3.05, 3.63) is 0 Å². The van der Waals surface area contributed by atoms with E-state index in [-0.39, 0.29) is 12.0 Å². The van der Waals surface area contributed by atoms with Crippen molar-refractivity contribution in [3.63, 3.8) is 0 Å². The zero-order valence-electron chi connectivity index (χ0n) is 6.72. The topological polar surface area (TPSA) is 45.0 Å². The Morgan fingerprint density at radius 2 is 2.10 bits per heavy atom. The van der Waals surface area contributed by atoms with E-state index >= 15 is 0 Å². The molecule has 0 aliphatic heterocycles. The molecule has 1 N–H and O–H groups in total. The molecule has 0 amide bonds. The zero-order chi connectivity index (χ0) is 7.98. The molecule has 0 aromatic carbocycles. The molecular weight excluding hydrogens is 128 g/mol. The van der Waals surface area contributed by atoms with E-state index < -0.39 is 0 Å². The maximum Gasteiger partial charge on any atom is 0.0734 e. The third-order valence-corrected chi connectivity index (χ3v) is 0.929. The highest BCUT2D eigenvalue weighted by atomic mass is 16.7. The lowest BCUT2D eigenvalue weighted by molar-refractivity contribution is -0.00785. The van der Waals surface area contributed by atoms with Crippen LogP contribution in [0.1, 0.15) is 20.8 Å². The number of hydroxylamine groups is 1.